The van der Waals surface area contributed by atoms with Crippen LogP contribution in [0, 0.1) is 18.6 Å². The number of halogens is 2. The van der Waals surface area contributed by atoms with E-state index in [0.29, 0.717) is 30.2 Å². The summed E-state index contributed by atoms with van der Waals surface area (Å²) in [6, 6.07) is 5.40. The number of ether oxygens (including phenoxy) is 1. The molecule has 0 aliphatic heterocycles. The topological polar surface area (TPSA) is 42.7 Å². The van der Waals surface area contributed by atoms with Crippen molar-refractivity contribution >= 4 is 5.97 Å². The Labute approximate surface area is 133 Å². The number of esters is 1. The summed E-state index contributed by atoms with van der Waals surface area (Å²) in [6.07, 6.45) is 0. The van der Waals surface area contributed by atoms with E-state index < -0.39 is 17.6 Å². The minimum Gasteiger partial charge on any atom is -0.465 e. The first kappa shape index (κ1) is 17.1. The van der Waals surface area contributed by atoms with Crippen molar-refractivity contribution in [3.05, 3.63) is 58.5 Å². The van der Waals surface area contributed by atoms with Gasteiger partial charge in [-0.05, 0) is 31.7 Å². The third kappa shape index (κ3) is 3.96. The molecule has 23 heavy (non-hydrogen) atoms. The summed E-state index contributed by atoms with van der Waals surface area (Å²) >= 11 is 0. The molecule has 0 N–H and O–H groups in total. The molecule has 0 saturated carbocycles. The molecule has 4 nitrogen and oxygen atoms in total. The maximum atomic E-state index is 13.8. The lowest BCUT2D eigenvalue weighted by molar-refractivity contribution is 0.0599. The second-order valence-electron chi connectivity index (χ2n) is 5.18. The largest absolute Gasteiger partial charge is 0.465 e. The van der Waals surface area contributed by atoms with Crippen LogP contribution in [-0.2, 0) is 17.8 Å². The van der Waals surface area contributed by atoms with Gasteiger partial charge in [-0.25, -0.2) is 13.6 Å². The van der Waals surface area contributed by atoms with Crippen molar-refractivity contribution in [1.29, 1.82) is 0 Å². The van der Waals surface area contributed by atoms with Crippen LogP contribution >= 0.6 is 0 Å². The molecule has 1 aromatic carbocycles. The van der Waals surface area contributed by atoms with Gasteiger partial charge in [0.1, 0.15) is 28.7 Å². The Kier molecular flexibility index (Phi) is 5.50. The second kappa shape index (κ2) is 7.37. The lowest BCUT2D eigenvalue weighted by Crippen LogP contribution is -2.23. The molecular weight excluding hydrogens is 304 g/mol. The molecule has 124 valence electrons. The van der Waals surface area contributed by atoms with Gasteiger partial charge in [0.25, 0.3) is 0 Å². The molecule has 2 rings (SSSR count). The zero-order valence-electron chi connectivity index (χ0n) is 13.4. The lowest BCUT2D eigenvalue weighted by atomic mass is 10.1. The molecule has 6 heteroatoms. The summed E-state index contributed by atoms with van der Waals surface area (Å²) in [6.45, 7) is 4.57. The fraction of sp³-hybridized carbons (Fsp3) is 0.353. The van der Waals surface area contributed by atoms with Gasteiger partial charge in [0.2, 0.25) is 0 Å². The Hall–Kier alpha value is -2.21. The number of benzene rings is 1. The fourth-order valence-electron chi connectivity index (χ4n) is 2.34. The maximum Gasteiger partial charge on any atom is 0.341 e. The van der Waals surface area contributed by atoms with Gasteiger partial charge in [0.15, 0.2) is 0 Å². The van der Waals surface area contributed by atoms with E-state index in [0.717, 1.165) is 0 Å². The number of aryl methyl sites for hydroxylation is 1. The smallest absolute Gasteiger partial charge is 0.341 e. The van der Waals surface area contributed by atoms with Crippen molar-refractivity contribution in [1.82, 2.24) is 4.90 Å². The Morgan fingerprint density at radius 2 is 1.91 bits per heavy atom. The number of carbonyl (C=O) groups excluding carboxylic acids is 1. The van der Waals surface area contributed by atoms with E-state index in [-0.39, 0.29) is 12.1 Å². The first-order chi connectivity index (χ1) is 11.0. The van der Waals surface area contributed by atoms with Crippen molar-refractivity contribution in [3.63, 3.8) is 0 Å². The van der Waals surface area contributed by atoms with E-state index in [1.165, 1.54) is 25.3 Å². The number of rotatable bonds is 6. The quantitative estimate of drug-likeness (QED) is 0.761. The van der Waals surface area contributed by atoms with Crippen LogP contribution in [0.3, 0.4) is 0 Å². The molecular formula is C17H19F2NO3. The van der Waals surface area contributed by atoms with E-state index in [1.807, 2.05) is 11.8 Å². The zero-order chi connectivity index (χ0) is 17.0. The highest BCUT2D eigenvalue weighted by molar-refractivity contribution is 5.90. The van der Waals surface area contributed by atoms with E-state index in [2.05, 4.69) is 4.74 Å². The first-order valence-electron chi connectivity index (χ1n) is 7.29. The van der Waals surface area contributed by atoms with Gasteiger partial charge < -0.3 is 9.15 Å². The molecule has 0 saturated heterocycles. The fourth-order valence-corrected chi connectivity index (χ4v) is 2.34. The molecule has 1 aromatic heterocycles. The van der Waals surface area contributed by atoms with Gasteiger partial charge in [-0.1, -0.05) is 13.0 Å². The standard InChI is InChI=1S/C17H19F2NO3/c1-4-20(10-14-15(18)6-5-7-16(14)19)9-12-8-13(11(2)23-12)17(21)22-3/h5-8H,4,9-10H2,1-3H3. The lowest BCUT2D eigenvalue weighted by Gasteiger charge is -2.19. The molecule has 0 spiro atoms. The normalized spacial score (nSPS) is 11.0. The second-order valence-corrected chi connectivity index (χ2v) is 5.18. The van der Waals surface area contributed by atoms with Gasteiger partial charge in [-0.15, -0.1) is 0 Å². The van der Waals surface area contributed by atoms with Crippen LogP contribution in [0.5, 0.6) is 0 Å². The Morgan fingerprint density at radius 3 is 2.48 bits per heavy atom. The minimum atomic E-state index is -0.575. The predicted molar refractivity (Wildman–Crippen MR) is 80.9 cm³/mol. The average Bonchev–Trinajstić information content (AvgIpc) is 2.89. The number of furan rings is 1. The molecule has 0 aliphatic carbocycles. The summed E-state index contributed by atoms with van der Waals surface area (Å²) in [5, 5.41) is 0. The van der Waals surface area contributed by atoms with Crippen molar-refractivity contribution < 1.29 is 22.7 Å². The molecule has 0 atom stereocenters. The Balaban J connectivity index is 2.15. The van der Waals surface area contributed by atoms with E-state index >= 15 is 0 Å². The molecule has 0 bridgehead atoms. The van der Waals surface area contributed by atoms with Crippen LogP contribution in [0.15, 0.2) is 28.7 Å². The van der Waals surface area contributed by atoms with E-state index in [9.17, 15) is 13.6 Å². The van der Waals surface area contributed by atoms with Crippen LogP contribution in [0.25, 0.3) is 0 Å². The highest BCUT2D eigenvalue weighted by Crippen LogP contribution is 2.20. The molecule has 0 unspecified atom stereocenters. The predicted octanol–water partition coefficient (Wildman–Crippen LogP) is 3.67. The first-order valence-corrected chi connectivity index (χ1v) is 7.29. The number of hydrogen-bond donors (Lipinski definition) is 0. The average molecular weight is 323 g/mol. The van der Waals surface area contributed by atoms with Crippen LogP contribution in [0.4, 0.5) is 8.78 Å². The summed E-state index contributed by atoms with van der Waals surface area (Å²) in [4.78, 5) is 13.4. The van der Waals surface area contributed by atoms with Gasteiger partial charge in [0, 0.05) is 12.1 Å². The van der Waals surface area contributed by atoms with Crippen LogP contribution in [0.2, 0.25) is 0 Å². The Morgan fingerprint density at radius 1 is 1.26 bits per heavy atom. The molecule has 0 radical (unpaired) electrons. The van der Waals surface area contributed by atoms with Gasteiger partial charge >= 0.3 is 5.97 Å². The number of carbonyl (C=O) groups is 1. The maximum absolute atomic E-state index is 13.8. The number of hydrogen-bond acceptors (Lipinski definition) is 4. The van der Waals surface area contributed by atoms with Crippen molar-refractivity contribution in [3.8, 4) is 0 Å². The Bertz CT molecular complexity index is 677. The molecule has 0 amide bonds. The SMILES string of the molecule is CCN(Cc1cc(C(=O)OC)c(C)o1)Cc1c(F)cccc1F. The summed E-state index contributed by atoms with van der Waals surface area (Å²) < 4.78 is 37.7. The van der Waals surface area contributed by atoms with Crippen LogP contribution in [0.1, 0.15) is 34.4 Å². The van der Waals surface area contributed by atoms with Gasteiger partial charge in [0.05, 0.1) is 13.7 Å². The van der Waals surface area contributed by atoms with E-state index in [4.69, 9.17) is 4.42 Å². The van der Waals surface area contributed by atoms with Crippen molar-refractivity contribution in [2.45, 2.75) is 26.9 Å². The third-order valence-corrected chi connectivity index (χ3v) is 3.64. The zero-order valence-corrected chi connectivity index (χ0v) is 13.4. The van der Waals surface area contributed by atoms with Gasteiger partial charge in [-0.3, -0.25) is 4.90 Å². The summed E-state index contributed by atoms with van der Waals surface area (Å²) in [5.41, 5.74) is 0.376. The molecule has 2 aromatic rings. The number of methoxy groups -OCH3 is 1. The number of nitrogens with zero attached hydrogens (tertiary/aromatic N) is 1. The summed E-state index contributed by atoms with van der Waals surface area (Å²) in [7, 11) is 1.30. The van der Waals surface area contributed by atoms with Crippen LogP contribution in [-0.4, -0.2) is 24.5 Å². The molecule has 0 aliphatic rings. The highest BCUT2D eigenvalue weighted by Gasteiger charge is 2.18. The van der Waals surface area contributed by atoms with Crippen molar-refractivity contribution in [2.75, 3.05) is 13.7 Å². The third-order valence-electron chi connectivity index (χ3n) is 3.64. The summed E-state index contributed by atoms with van der Waals surface area (Å²) in [5.74, 6) is -0.620. The van der Waals surface area contributed by atoms with Crippen molar-refractivity contribution in [2.24, 2.45) is 0 Å². The van der Waals surface area contributed by atoms with E-state index in [1.54, 1.807) is 13.0 Å². The molecule has 1 heterocycles. The highest BCUT2D eigenvalue weighted by atomic mass is 19.1. The van der Waals surface area contributed by atoms with Gasteiger partial charge in [-0.2, -0.15) is 0 Å². The van der Waals surface area contributed by atoms with Crippen LogP contribution < -0.4 is 0 Å². The minimum absolute atomic E-state index is 0.0193. The molecule has 0 fully saturated rings. The monoisotopic (exact) mass is 323 g/mol.